The molecule has 1 amide bonds. The van der Waals surface area contributed by atoms with Gasteiger partial charge in [-0.05, 0) is 35.7 Å². The van der Waals surface area contributed by atoms with Crippen LogP contribution < -0.4 is 5.32 Å². The molecule has 1 aromatic heterocycles. The van der Waals surface area contributed by atoms with Crippen LogP contribution in [-0.2, 0) is 22.5 Å². The van der Waals surface area contributed by atoms with E-state index in [0.717, 1.165) is 17.7 Å². The zero-order chi connectivity index (χ0) is 18.2. The summed E-state index contributed by atoms with van der Waals surface area (Å²) in [5.41, 5.74) is 2.00. The minimum absolute atomic E-state index is 0.0541. The highest BCUT2D eigenvalue weighted by Crippen LogP contribution is 2.11. The molecular weight excluding hydrogens is 333 g/mol. The molecule has 1 fully saturated rings. The molecule has 2 aromatic rings. The summed E-state index contributed by atoms with van der Waals surface area (Å²) in [6.45, 7) is 3.11. The van der Waals surface area contributed by atoms with Crippen molar-refractivity contribution in [1.29, 1.82) is 0 Å². The van der Waals surface area contributed by atoms with Gasteiger partial charge < -0.3 is 15.0 Å². The van der Waals surface area contributed by atoms with Crippen molar-refractivity contribution in [2.45, 2.75) is 25.4 Å². The van der Waals surface area contributed by atoms with Crippen molar-refractivity contribution in [2.24, 2.45) is 0 Å². The first-order valence-corrected chi connectivity index (χ1v) is 8.93. The Kier molecular flexibility index (Phi) is 6.68. The minimum Gasteiger partial charge on any atom is -0.378 e. The Morgan fingerprint density at radius 3 is 2.81 bits per heavy atom. The largest absolute Gasteiger partial charge is 0.378 e. The maximum absolute atomic E-state index is 13.1. The lowest BCUT2D eigenvalue weighted by Crippen LogP contribution is -2.45. The van der Waals surface area contributed by atoms with Gasteiger partial charge in [0.15, 0.2) is 0 Å². The highest BCUT2D eigenvalue weighted by atomic mass is 19.1. The Labute approximate surface area is 153 Å². The third-order valence-electron chi connectivity index (χ3n) is 4.45. The van der Waals surface area contributed by atoms with Crippen LogP contribution in [-0.4, -0.2) is 48.1 Å². The summed E-state index contributed by atoms with van der Waals surface area (Å²) in [6, 6.07) is 10.3. The van der Waals surface area contributed by atoms with Crippen LogP contribution in [0.3, 0.4) is 0 Å². The average molecular weight is 357 g/mol. The Morgan fingerprint density at radius 2 is 2.12 bits per heavy atom. The van der Waals surface area contributed by atoms with Crippen LogP contribution in [0.4, 0.5) is 4.39 Å². The molecule has 1 aliphatic rings. The minimum atomic E-state index is -0.250. The van der Waals surface area contributed by atoms with Gasteiger partial charge in [-0.1, -0.05) is 18.2 Å². The van der Waals surface area contributed by atoms with Crippen molar-refractivity contribution < 1.29 is 13.9 Å². The number of halogens is 1. The normalized spacial score (nSPS) is 17.0. The maximum Gasteiger partial charge on any atom is 0.224 e. The van der Waals surface area contributed by atoms with Gasteiger partial charge >= 0.3 is 0 Å². The number of morpholine rings is 1. The Bertz CT molecular complexity index is 688. The van der Waals surface area contributed by atoms with Crippen molar-refractivity contribution in [3.05, 3.63) is 65.7 Å². The van der Waals surface area contributed by atoms with Crippen LogP contribution in [0.15, 0.2) is 48.8 Å². The lowest BCUT2D eigenvalue weighted by molar-refractivity contribution is -0.133. The zero-order valence-corrected chi connectivity index (χ0v) is 14.7. The van der Waals surface area contributed by atoms with Crippen molar-refractivity contribution in [2.75, 3.05) is 26.3 Å². The summed E-state index contributed by atoms with van der Waals surface area (Å²) in [5, 5.41) is 3.32. The van der Waals surface area contributed by atoms with E-state index in [0.29, 0.717) is 39.1 Å². The molecule has 1 aromatic carbocycles. The molecular formula is C20H24FN3O2. The van der Waals surface area contributed by atoms with E-state index >= 15 is 0 Å². The van der Waals surface area contributed by atoms with Gasteiger partial charge in [0, 0.05) is 44.5 Å². The molecule has 2 heterocycles. The smallest absolute Gasteiger partial charge is 0.224 e. The third-order valence-corrected chi connectivity index (χ3v) is 4.45. The Balaban J connectivity index is 1.63. The lowest BCUT2D eigenvalue weighted by Gasteiger charge is -2.28. The summed E-state index contributed by atoms with van der Waals surface area (Å²) in [6.07, 6.45) is 4.59. The number of amides is 1. The van der Waals surface area contributed by atoms with E-state index in [-0.39, 0.29) is 17.8 Å². The first kappa shape index (κ1) is 18.5. The quantitative estimate of drug-likeness (QED) is 0.825. The van der Waals surface area contributed by atoms with Crippen LogP contribution in [0.1, 0.15) is 17.5 Å². The molecule has 26 heavy (non-hydrogen) atoms. The predicted molar refractivity (Wildman–Crippen MR) is 97.0 cm³/mol. The highest BCUT2D eigenvalue weighted by molar-refractivity contribution is 5.77. The molecule has 1 atom stereocenters. The number of pyridine rings is 1. The number of benzene rings is 1. The summed E-state index contributed by atoms with van der Waals surface area (Å²) >= 11 is 0. The van der Waals surface area contributed by atoms with Crippen LogP contribution in [0.5, 0.6) is 0 Å². The van der Waals surface area contributed by atoms with E-state index < -0.39 is 0 Å². The second-order valence-corrected chi connectivity index (χ2v) is 6.48. The predicted octanol–water partition coefficient (Wildman–Crippen LogP) is 2.17. The fourth-order valence-electron chi connectivity index (χ4n) is 3.01. The second-order valence-electron chi connectivity index (χ2n) is 6.48. The fourth-order valence-corrected chi connectivity index (χ4v) is 3.01. The highest BCUT2D eigenvalue weighted by Gasteiger charge is 2.21. The zero-order valence-electron chi connectivity index (χ0n) is 14.7. The molecule has 0 bridgehead atoms. The molecule has 1 N–H and O–H groups in total. The van der Waals surface area contributed by atoms with E-state index in [2.05, 4.69) is 10.3 Å². The second kappa shape index (κ2) is 9.40. The van der Waals surface area contributed by atoms with Crippen molar-refractivity contribution in [3.8, 4) is 0 Å². The van der Waals surface area contributed by atoms with Gasteiger partial charge in [-0.15, -0.1) is 0 Å². The van der Waals surface area contributed by atoms with Crippen LogP contribution in [0.2, 0.25) is 0 Å². The van der Waals surface area contributed by atoms with Crippen LogP contribution in [0, 0.1) is 5.82 Å². The molecule has 0 radical (unpaired) electrons. The standard InChI is InChI=1S/C20H24FN3O2/c21-18-5-3-16(4-6-18)7-10-24(14-17-2-1-8-22-13-17)20(25)12-19-15-26-11-9-23-19/h1-6,8,13,19,23H,7,9-12,14-15H2. The molecule has 3 rings (SSSR count). The number of aromatic nitrogens is 1. The third kappa shape index (κ3) is 5.61. The number of ether oxygens (including phenoxy) is 1. The molecule has 138 valence electrons. The van der Waals surface area contributed by atoms with Crippen LogP contribution >= 0.6 is 0 Å². The molecule has 1 unspecified atom stereocenters. The van der Waals surface area contributed by atoms with Gasteiger partial charge in [-0.2, -0.15) is 0 Å². The number of hydrogen-bond acceptors (Lipinski definition) is 4. The molecule has 5 nitrogen and oxygen atoms in total. The van der Waals surface area contributed by atoms with E-state index in [1.54, 1.807) is 24.5 Å². The van der Waals surface area contributed by atoms with E-state index in [4.69, 9.17) is 4.74 Å². The Morgan fingerprint density at radius 1 is 1.27 bits per heavy atom. The number of nitrogens with one attached hydrogen (secondary N) is 1. The summed E-state index contributed by atoms with van der Waals surface area (Å²) in [4.78, 5) is 18.8. The van der Waals surface area contributed by atoms with Gasteiger partial charge in [-0.25, -0.2) is 4.39 Å². The summed E-state index contributed by atoms with van der Waals surface area (Å²) in [7, 11) is 0. The monoisotopic (exact) mass is 357 g/mol. The van der Waals surface area contributed by atoms with E-state index in [9.17, 15) is 9.18 Å². The number of rotatable bonds is 7. The lowest BCUT2D eigenvalue weighted by atomic mass is 10.1. The van der Waals surface area contributed by atoms with Crippen molar-refractivity contribution >= 4 is 5.91 Å². The average Bonchev–Trinajstić information content (AvgIpc) is 2.68. The SMILES string of the molecule is O=C(CC1COCCN1)N(CCc1ccc(F)cc1)Cc1cccnc1. The van der Waals surface area contributed by atoms with Crippen molar-refractivity contribution in [3.63, 3.8) is 0 Å². The molecule has 1 aliphatic heterocycles. The summed E-state index contributed by atoms with van der Waals surface area (Å²) in [5.74, 6) is -0.167. The molecule has 6 heteroatoms. The number of carbonyl (C=O) groups excluding carboxylic acids is 1. The summed E-state index contributed by atoms with van der Waals surface area (Å²) < 4.78 is 18.5. The Hall–Kier alpha value is -2.31. The number of hydrogen-bond donors (Lipinski definition) is 1. The number of nitrogens with zero attached hydrogens (tertiary/aromatic N) is 2. The van der Waals surface area contributed by atoms with Gasteiger partial charge in [0.05, 0.1) is 13.2 Å². The van der Waals surface area contributed by atoms with Gasteiger partial charge in [0.2, 0.25) is 5.91 Å². The van der Waals surface area contributed by atoms with E-state index in [1.807, 2.05) is 17.0 Å². The molecule has 0 spiro atoms. The number of carbonyl (C=O) groups is 1. The first-order chi connectivity index (χ1) is 12.7. The van der Waals surface area contributed by atoms with E-state index in [1.165, 1.54) is 12.1 Å². The molecule has 1 saturated heterocycles. The van der Waals surface area contributed by atoms with Gasteiger partial charge in [-0.3, -0.25) is 9.78 Å². The molecule has 0 saturated carbocycles. The molecule has 0 aliphatic carbocycles. The fraction of sp³-hybridized carbons (Fsp3) is 0.400. The van der Waals surface area contributed by atoms with Crippen molar-refractivity contribution in [1.82, 2.24) is 15.2 Å². The van der Waals surface area contributed by atoms with Gasteiger partial charge in [0.25, 0.3) is 0 Å². The topological polar surface area (TPSA) is 54.5 Å². The van der Waals surface area contributed by atoms with Gasteiger partial charge in [0.1, 0.15) is 5.82 Å². The first-order valence-electron chi connectivity index (χ1n) is 8.93. The van der Waals surface area contributed by atoms with Crippen LogP contribution in [0.25, 0.3) is 0 Å². The maximum atomic E-state index is 13.1.